The Morgan fingerprint density at radius 1 is 1.15 bits per heavy atom. The number of benzene rings is 1. The number of hydrogen-bond donors (Lipinski definition) is 0. The first-order valence-corrected chi connectivity index (χ1v) is 9.60. The molecule has 1 saturated heterocycles. The predicted octanol–water partition coefficient (Wildman–Crippen LogP) is 2.93. The molecule has 2 aromatic rings. The lowest BCUT2D eigenvalue weighted by atomic mass is 9.93. The van der Waals surface area contributed by atoms with E-state index in [2.05, 4.69) is 16.8 Å². The Bertz CT molecular complexity index is 827. The Labute approximate surface area is 159 Å². The van der Waals surface area contributed by atoms with Crippen LogP contribution in [0.15, 0.2) is 34.7 Å². The van der Waals surface area contributed by atoms with Crippen LogP contribution in [-0.2, 0) is 13.0 Å². The van der Waals surface area contributed by atoms with E-state index in [0.29, 0.717) is 12.3 Å². The summed E-state index contributed by atoms with van der Waals surface area (Å²) in [6.07, 6.45) is 0.737. The fourth-order valence-electron chi connectivity index (χ4n) is 4.01. The second kappa shape index (κ2) is 7.44. The maximum absolute atomic E-state index is 13.6. The number of furan rings is 1. The molecule has 2 aliphatic heterocycles. The minimum Gasteiger partial charge on any atom is -0.455 e. The molecule has 0 radical (unpaired) electrons. The van der Waals surface area contributed by atoms with Crippen LogP contribution in [0.3, 0.4) is 0 Å². The predicted molar refractivity (Wildman–Crippen MR) is 101 cm³/mol. The van der Waals surface area contributed by atoms with Gasteiger partial charge in [-0.25, -0.2) is 4.39 Å². The van der Waals surface area contributed by atoms with Crippen LogP contribution in [0.4, 0.5) is 4.39 Å². The van der Waals surface area contributed by atoms with Crippen LogP contribution in [0.25, 0.3) is 0 Å². The largest absolute Gasteiger partial charge is 0.455 e. The zero-order chi connectivity index (χ0) is 19.0. The summed E-state index contributed by atoms with van der Waals surface area (Å²) >= 11 is 0. The number of fused-ring (bicyclic) bond motifs is 1. The van der Waals surface area contributed by atoms with Gasteiger partial charge in [0.2, 0.25) is 0 Å². The first-order chi connectivity index (χ1) is 13.0. The van der Waals surface area contributed by atoms with Crippen LogP contribution >= 0.6 is 0 Å². The van der Waals surface area contributed by atoms with E-state index in [1.807, 2.05) is 19.1 Å². The molecule has 2 aliphatic rings. The number of carbonyl (C=O) groups is 1. The molecule has 5 nitrogen and oxygen atoms in total. The molecule has 4 rings (SSSR count). The van der Waals surface area contributed by atoms with Crippen LogP contribution in [0, 0.1) is 5.82 Å². The molecule has 6 heteroatoms. The van der Waals surface area contributed by atoms with Crippen molar-refractivity contribution in [2.45, 2.75) is 25.9 Å². The van der Waals surface area contributed by atoms with Gasteiger partial charge >= 0.3 is 0 Å². The summed E-state index contributed by atoms with van der Waals surface area (Å²) in [5.74, 6) is 0.800. The van der Waals surface area contributed by atoms with Crippen molar-refractivity contribution in [3.8, 4) is 0 Å². The highest BCUT2D eigenvalue weighted by molar-refractivity contribution is 5.92. The molecule has 0 aliphatic carbocycles. The van der Waals surface area contributed by atoms with E-state index in [1.165, 1.54) is 6.07 Å². The van der Waals surface area contributed by atoms with Crippen molar-refractivity contribution in [3.63, 3.8) is 0 Å². The molecule has 0 N–H and O–H groups in total. The summed E-state index contributed by atoms with van der Waals surface area (Å²) in [4.78, 5) is 19.4. The van der Waals surface area contributed by atoms with Crippen LogP contribution in [0.1, 0.15) is 40.4 Å². The van der Waals surface area contributed by atoms with Gasteiger partial charge in [0.15, 0.2) is 5.76 Å². The van der Waals surface area contributed by atoms with Gasteiger partial charge in [-0.2, -0.15) is 0 Å². The van der Waals surface area contributed by atoms with Crippen molar-refractivity contribution < 1.29 is 13.6 Å². The minimum absolute atomic E-state index is 0.123. The maximum atomic E-state index is 13.6. The van der Waals surface area contributed by atoms with E-state index in [0.717, 1.165) is 56.0 Å². The fourth-order valence-corrected chi connectivity index (χ4v) is 4.01. The normalized spacial score (nSPS) is 21.3. The molecule has 0 unspecified atom stereocenters. The van der Waals surface area contributed by atoms with Crippen molar-refractivity contribution >= 4 is 5.91 Å². The first-order valence-electron chi connectivity index (χ1n) is 9.60. The van der Waals surface area contributed by atoms with Gasteiger partial charge in [0.1, 0.15) is 11.6 Å². The smallest absolute Gasteiger partial charge is 0.290 e. The average Bonchev–Trinajstić information content (AvgIpc) is 3.12. The zero-order valence-corrected chi connectivity index (χ0v) is 15.9. The molecule has 144 valence electrons. The number of likely N-dealkylation sites (N-methyl/N-ethyl adjacent to an activating group) is 1. The molecule has 1 fully saturated rings. The van der Waals surface area contributed by atoms with Gasteiger partial charge in [-0.15, -0.1) is 0 Å². The molecule has 0 bridgehead atoms. The summed E-state index contributed by atoms with van der Waals surface area (Å²) in [6.45, 7) is 7.40. The third-order valence-corrected chi connectivity index (χ3v) is 5.76. The van der Waals surface area contributed by atoms with Crippen LogP contribution in [-0.4, -0.2) is 60.4 Å². The summed E-state index contributed by atoms with van der Waals surface area (Å²) in [5, 5.41) is 0. The Morgan fingerprint density at radius 2 is 1.93 bits per heavy atom. The Balaban J connectivity index is 1.45. The number of hydrogen-bond acceptors (Lipinski definition) is 4. The molecule has 0 saturated carbocycles. The number of halogens is 1. The summed E-state index contributed by atoms with van der Waals surface area (Å²) < 4.78 is 19.5. The number of carbonyl (C=O) groups excluding carboxylic acids is 1. The monoisotopic (exact) mass is 371 g/mol. The number of nitrogens with zero attached hydrogens (tertiary/aromatic N) is 3. The van der Waals surface area contributed by atoms with Gasteiger partial charge in [-0.05, 0) is 55.8 Å². The van der Waals surface area contributed by atoms with Crippen LogP contribution in [0.2, 0.25) is 0 Å². The minimum atomic E-state index is -0.262. The zero-order valence-electron chi connectivity index (χ0n) is 15.9. The van der Waals surface area contributed by atoms with E-state index < -0.39 is 0 Å². The summed E-state index contributed by atoms with van der Waals surface area (Å²) in [7, 11) is 2.13. The quantitative estimate of drug-likeness (QED) is 0.832. The van der Waals surface area contributed by atoms with Gasteiger partial charge in [-0.1, -0.05) is 6.07 Å². The van der Waals surface area contributed by atoms with Gasteiger partial charge in [0.05, 0.1) is 12.6 Å². The number of amides is 1. The molecule has 1 atom stereocenters. The molecule has 0 spiro atoms. The molecule has 1 amide bonds. The van der Waals surface area contributed by atoms with Crippen LogP contribution in [0.5, 0.6) is 0 Å². The summed E-state index contributed by atoms with van der Waals surface area (Å²) in [5.41, 5.74) is 2.00. The molecular formula is C21H26FN3O2. The lowest BCUT2D eigenvalue weighted by Gasteiger charge is -2.34. The van der Waals surface area contributed by atoms with Crippen LogP contribution < -0.4 is 0 Å². The van der Waals surface area contributed by atoms with E-state index >= 15 is 0 Å². The highest BCUT2D eigenvalue weighted by Gasteiger charge is 2.30. The number of piperazine rings is 1. The van der Waals surface area contributed by atoms with Crippen molar-refractivity contribution in [1.29, 1.82) is 0 Å². The van der Waals surface area contributed by atoms with E-state index in [-0.39, 0.29) is 17.8 Å². The standard InChI is InChI=1S/C21H26FN3O2/c1-15-19-13-17(22)4-3-16(19)7-8-25(15)21(26)20-6-5-18(27-20)14-24-11-9-23(2)10-12-24/h3-6,13,15H,7-12,14H2,1-2H3/t15-/m0/s1. The molecule has 1 aromatic carbocycles. The topological polar surface area (TPSA) is 39.9 Å². The Hall–Kier alpha value is -2.18. The molecular weight excluding hydrogens is 345 g/mol. The van der Waals surface area contributed by atoms with E-state index in [4.69, 9.17) is 4.42 Å². The van der Waals surface area contributed by atoms with Gasteiger partial charge in [0, 0.05) is 32.7 Å². The van der Waals surface area contributed by atoms with Gasteiger partial charge in [0.25, 0.3) is 5.91 Å². The highest BCUT2D eigenvalue weighted by atomic mass is 19.1. The first kappa shape index (κ1) is 18.2. The Kier molecular flexibility index (Phi) is 5.02. The third kappa shape index (κ3) is 3.77. The lowest BCUT2D eigenvalue weighted by Crippen LogP contribution is -2.43. The van der Waals surface area contributed by atoms with Crippen molar-refractivity contribution in [2.24, 2.45) is 0 Å². The highest BCUT2D eigenvalue weighted by Crippen LogP contribution is 2.31. The Morgan fingerprint density at radius 3 is 2.70 bits per heavy atom. The third-order valence-electron chi connectivity index (χ3n) is 5.76. The van der Waals surface area contributed by atoms with Crippen molar-refractivity contribution in [1.82, 2.24) is 14.7 Å². The average molecular weight is 371 g/mol. The molecule has 27 heavy (non-hydrogen) atoms. The molecule has 1 aromatic heterocycles. The fraction of sp³-hybridized carbons (Fsp3) is 0.476. The molecule has 3 heterocycles. The van der Waals surface area contributed by atoms with Crippen molar-refractivity contribution in [2.75, 3.05) is 39.8 Å². The maximum Gasteiger partial charge on any atom is 0.290 e. The summed E-state index contributed by atoms with van der Waals surface area (Å²) in [6, 6.07) is 8.35. The van der Waals surface area contributed by atoms with E-state index in [9.17, 15) is 9.18 Å². The van der Waals surface area contributed by atoms with Gasteiger partial charge in [-0.3, -0.25) is 9.69 Å². The second-order valence-corrected chi connectivity index (χ2v) is 7.61. The SMILES string of the molecule is C[C@H]1c2cc(F)ccc2CCN1C(=O)c1ccc(CN2CCN(C)CC2)o1. The van der Waals surface area contributed by atoms with Gasteiger partial charge < -0.3 is 14.2 Å². The second-order valence-electron chi connectivity index (χ2n) is 7.61. The lowest BCUT2D eigenvalue weighted by molar-refractivity contribution is 0.0639. The van der Waals surface area contributed by atoms with E-state index in [1.54, 1.807) is 17.0 Å². The number of rotatable bonds is 3. The van der Waals surface area contributed by atoms with Crippen molar-refractivity contribution in [3.05, 3.63) is 58.8 Å².